The van der Waals surface area contributed by atoms with E-state index in [4.69, 9.17) is 19.0 Å². The number of imide groups is 2. The maximum absolute atomic E-state index is 12.2. The standard InChI is InChI=1S/C17H31NO7S.C8H13NO2S.2C2H6.CH2O/c1-3-4-13-26-15-14-16(19)18(17(15)20)5-6-22-7-8-23-9-10-24-11-12-25-21-2;1-2-3-4-12-6-5-7(10)9-8(6)11;3*1-2/h15H,3-14H2,1-2H3;6H,2-5H2,1H3,(H,9,10,11);2*1-2H3;1H2. The minimum atomic E-state index is -0.216. The molecule has 0 spiro atoms. The number of unbranched alkanes of at least 4 members (excludes halogenated alkanes) is 2. The van der Waals surface area contributed by atoms with Gasteiger partial charge in [-0.15, -0.1) is 23.5 Å². The maximum Gasteiger partial charge on any atom is 0.242 e. The third-order valence-corrected chi connectivity index (χ3v) is 8.00. The van der Waals surface area contributed by atoms with Crippen LogP contribution in [0.3, 0.4) is 0 Å². The zero-order chi connectivity index (χ0) is 34.0. The van der Waals surface area contributed by atoms with Crippen LogP contribution in [0.15, 0.2) is 0 Å². The van der Waals surface area contributed by atoms with Gasteiger partial charge in [0.15, 0.2) is 0 Å². The summed E-state index contributed by atoms with van der Waals surface area (Å²) in [6.07, 6.45) is 5.09. The quantitative estimate of drug-likeness (QED) is 0.0813. The number of likely N-dealkylation sites (tertiary alicyclic amines) is 1. The van der Waals surface area contributed by atoms with E-state index in [1.165, 1.54) is 12.0 Å². The van der Waals surface area contributed by atoms with E-state index in [2.05, 4.69) is 28.9 Å². The van der Waals surface area contributed by atoms with Gasteiger partial charge in [0.1, 0.15) is 13.4 Å². The summed E-state index contributed by atoms with van der Waals surface area (Å²) in [5, 5.41) is 1.96. The van der Waals surface area contributed by atoms with Crippen LogP contribution in [0, 0.1) is 0 Å². The second-order valence-electron chi connectivity index (χ2n) is 8.46. The van der Waals surface area contributed by atoms with Gasteiger partial charge in [-0.3, -0.25) is 29.4 Å². The Bertz CT molecular complexity index is 719. The van der Waals surface area contributed by atoms with Crippen LogP contribution in [-0.4, -0.2) is 117 Å². The second-order valence-corrected chi connectivity index (χ2v) is 11.1. The number of ether oxygens (including phenoxy) is 3. The lowest BCUT2D eigenvalue weighted by molar-refractivity contribution is -0.277. The van der Waals surface area contributed by atoms with Gasteiger partial charge in [-0.1, -0.05) is 54.4 Å². The molecule has 0 radical (unpaired) electrons. The Morgan fingerprint density at radius 1 is 0.750 bits per heavy atom. The van der Waals surface area contributed by atoms with E-state index in [1.54, 1.807) is 23.5 Å². The predicted octanol–water partition coefficient (Wildman–Crippen LogP) is 4.08. The Morgan fingerprint density at radius 3 is 1.68 bits per heavy atom. The molecule has 0 aromatic rings. The zero-order valence-corrected chi connectivity index (χ0v) is 29.7. The molecule has 1 N–H and O–H groups in total. The van der Waals surface area contributed by atoms with Gasteiger partial charge in [0, 0.05) is 12.8 Å². The number of nitrogens with one attached hydrogen (secondary N) is 1. The number of rotatable bonds is 21. The van der Waals surface area contributed by atoms with Gasteiger partial charge in [-0.25, -0.2) is 9.78 Å². The highest BCUT2D eigenvalue weighted by Crippen LogP contribution is 2.25. The molecule has 2 rings (SSSR count). The van der Waals surface area contributed by atoms with E-state index in [0.717, 1.165) is 37.2 Å². The summed E-state index contributed by atoms with van der Waals surface area (Å²) >= 11 is 3.17. The SMILES string of the molecule is C=O.CC.CC.CCCCSC1CC(=O)N(CCOCCOCCOCCOOC)C1=O.CCCCSC1CC(=O)NC1=O. The van der Waals surface area contributed by atoms with Gasteiger partial charge >= 0.3 is 0 Å². The first-order valence-corrected chi connectivity index (χ1v) is 17.6. The van der Waals surface area contributed by atoms with E-state index < -0.39 is 0 Å². The predicted molar refractivity (Wildman–Crippen MR) is 177 cm³/mol. The molecule has 0 saturated carbocycles. The van der Waals surface area contributed by atoms with Crippen molar-refractivity contribution in [2.45, 2.75) is 90.6 Å². The largest absolute Gasteiger partial charge is 0.377 e. The molecule has 2 unspecified atom stereocenters. The van der Waals surface area contributed by atoms with Crippen LogP contribution in [0.1, 0.15) is 80.1 Å². The van der Waals surface area contributed by atoms with E-state index in [-0.39, 0.29) is 34.1 Å². The van der Waals surface area contributed by atoms with E-state index in [0.29, 0.717) is 65.6 Å². The third-order valence-electron chi connectivity index (χ3n) is 5.39. The number of hydrogen-bond acceptors (Lipinski definition) is 12. The Labute approximate surface area is 273 Å². The zero-order valence-electron chi connectivity index (χ0n) is 28.0. The van der Waals surface area contributed by atoms with Crippen molar-refractivity contribution in [2.24, 2.45) is 0 Å². The van der Waals surface area contributed by atoms with Gasteiger partial charge in [0.25, 0.3) is 0 Å². The first kappa shape index (κ1) is 46.9. The lowest BCUT2D eigenvalue weighted by Gasteiger charge is -2.15. The Kier molecular flexibility index (Phi) is 38.3. The van der Waals surface area contributed by atoms with Gasteiger partial charge in [-0.2, -0.15) is 0 Å². The van der Waals surface area contributed by atoms with E-state index in [9.17, 15) is 19.2 Å². The lowest BCUT2D eigenvalue weighted by Crippen LogP contribution is -2.34. The molecule has 2 aliphatic rings. The number of thioether (sulfide) groups is 2. The average molecular weight is 671 g/mol. The summed E-state index contributed by atoms with van der Waals surface area (Å²) in [7, 11) is 1.45. The van der Waals surface area contributed by atoms with Crippen LogP contribution in [0.4, 0.5) is 0 Å². The summed E-state index contributed by atoms with van der Waals surface area (Å²) in [5.74, 6) is 1.48. The van der Waals surface area contributed by atoms with Crippen LogP contribution < -0.4 is 5.32 Å². The molecule has 260 valence electrons. The molecule has 2 heterocycles. The van der Waals surface area contributed by atoms with Gasteiger partial charge in [0.2, 0.25) is 23.6 Å². The van der Waals surface area contributed by atoms with Gasteiger partial charge in [-0.05, 0) is 24.3 Å². The maximum atomic E-state index is 12.2. The second kappa shape index (κ2) is 35.9. The highest BCUT2D eigenvalue weighted by Gasteiger charge is 2.38. The molecular weight excluding hydrogens is 612 g/mol. The third kappa shape index (κ3) is 24.7. The fraction of sp³-hybridized carbons (Fsp3) is 0.833. The molecule has 2 fully saturated rings. The monoisotopic (exact) mass is 670 g/mol. The molecule has 4 amide bonds. The van der Waals surface area contributed by atoms with Crippen LogP contribution in [0.2, 0.25) is 0 Å². The molecule has 0 aromatic heterocycles. The fourth-order valence-electron chi connectivity index (χ4n) is 3.30. The summed E-state index contributed by atoms with van der Waals surface area (Å²) in [6.45, 7) is 17.5. The number of hydrogen-bond donors (Lipinski definition) is 1. The van der Waals surface area contributed by atoms with Gasteiger partial charge in [0.05, 0.1) is 63.8 Å². The molecule has 14 heteroatoms. The minimum absolute atomic E-state index is 0.0782. The van der Waals surface area contributed by atoms with Crippen LogP contribution in [-0.2, 0) is 48.0 Å². The highest BCUT2D eigenvalue weighted by atomic mass is 32.2. The molecule has 0 aromatic carbocycles. The summed E-state index contributed by atoms with van der Waals surface area (Å²) in [4.78, 5) is 64.3. The smallest absolute Gasteiger partial charge is 0.242 e. The molecule has 12 nitrogen and oxygen atoms in total. The topological polar surface area (TPSA) is 147 Å². The number of carbonyl (C=O) groups is 5. The van der Waals surface area contributed by atoms with Crippen molar-refractivity contribution in [2.75, 3.05) is 71.4 Å². The Balaban J connectivity index is -0.000000775. The fourth-order valence-corrected chi connectivity index (χ4v) is 5.79. The number of carbonyl (C=O) groups excluding carboxylic acids is 5. The molecule has 2 aliphatic heterocycles. The normalized spacial score (nSPS) is 16.9. The van der Waals surface area contributed by atoms with Gasteiger partial charge < -0.3 is 19.0 Å². The molecule has 2 atom stereocenters. The van der Waals surface area contributed by atoms with Crippen molar-refractivity contribution in [3.8, 4) is 0 Å². The lowest BCUT2D eigenvalue weighted by atomic mass is 10.3. The summed E-state index contributed by atoms with van der Waals surface area (Å²) in [5.41, 5.74) is 0. The molecule has 44 heavy (non-hydrogen) atoms. The average Bonchev–Trinajstić information content (AvgIpc) is 3.51. The van der Waals surface area contributed by atoms with Crippen LogP contribution in [0.5, 0.6) is 0 Å². The van der Waals surface area contributed by atoms with Crippen molar-refractivity contribution in [3.05, 3.63) is 0 Å². The molecule has 2 saturated heterocycles. The van der Waals surface area contributed by atoms with Crippen molar-refractivity contribution < 1.29 is 48.0 Å². The van der Waals surface area contributed by atoms with Crippen molar-refractivity contribution in [3.63, 3.8) is 0 Å². The molecule has 0 bridgehead atoms. The van der Waals surface area contributed by atoms with Crippen LogP contribution in [0.25, 0.3) is 0 Å². The molecule has 0 aliphatic carbocycles. The number of amides is 4. The first-order chi connectivity index (χ1) is 21.4. The number of nitrogens with zero attached hydrogens (tertiary/aromatic N) is 1. The van der Waals surface area contributed by atoms with Crippen molar-refractivity contribution in [1.82, 2.24) is 10.2 Å². The van der Waals surface area contributed by atoms with Crippen LogP contribution >= 0.6 is 23.5 Å². The summed E-state index contributed by atoms with van der Waals surface area (Å²) < 4.78 is 16.0. The van der Waals surface area contributed by atoms with E-state index >= 15 is 0 Å². The van der Waals surface area contributed by atoms with E-state index in [1.807, 2.05) is 34.5 Å². The minimum Gasteiger partial charge on any atom is -0.377 e. The molecular formula is C30H58N2O10S2. The Hall–Kier alpha value is -1.55. The van der Waals surface area contributed by atoms with Crippen molar-refractivity contribution >= 4 is 53.9 Å². The first-order valence-electron chi connectivity index (χ1n) is 15.5. The highest BCUT2D eigenvalue weighted by molar-refractivity contribution is 8.00. The summed E-state index contributed by atoms with van der Waals surface area (Å²) in [6, 6.07) is 0. The van der Waals surface area contributed by atoms with Crippen molar-refractivity contribution in [1.29, 1.82) is 0 Å². The Morgan fingerprint density at radius 2 is 1.23 bits per heavy atom.